The molecule has 0 saturated carbocycles. The van der Waals surface area contributed by atoms with Crippen LogP contribution in [0.2, 0.25) is 0 Å². The number of aromatic nitrogens is 2. The minimum absolute atomic E-state index is 0.0825. The SMILES string of the molecule is O=C1c2cc(F)ccc2-n2c1nc1c(OCc3ccc(F)cc3)cccc1c2=O. The van der Waals surface area contributed by atoms with Crippen molar-refractivity contribution in [3.05, 3.63) is 99.6 Å². The van der Waals surface area contributed by atoms with E-state index in [1.165, 1.54) is 28.8 Å². The molecule has 0 unspecified atom stereocenters. The Morgan fingerprint density at radius 2 is 1.69 bits per heavy atom. The number of nitrogens with zero attached hydrogens (tertiary/aromatic N) is 2. The molecule has 0 aliphatic carbocycles. The Morgan fingerprint density at radius 3 is 2.48 bits per heavy atom. The highest BCUT2D eigenvalue weighted by atomic mass is 19.1. The molecule has 5 rings (SSSR count). The lowest BCUT2D eigenvalue weighted by Crippen LogP contribution is -2.21. The van der Waals surface area contributed by atoms with Crippen molar-refractivity contribution in [2.45, 2.75) is 6.61 Å². The zero-order chi connectivity index (χ0) is 20.1. The molecule has 0 saturated heterocycles. The molecule has 4 aromatic rings. The highest BCUT2D eigenvalue weighted by Gasteiger charge is 2.31. The molecular weight excluding hydrogens is 378 g/mol. The van der Waals surface area contributed by atoms with E-state index in [4.69, 9.17) is 4.74 Å². The Morgan fingerprint density at radius 1 is 0.931 bits per heavy atom. The lowest BCUT2D eigenvalue weighted by Gasteiger charge is -2.11. The molecule has 0 bridgehead atoms. The van der Waals surface area contributed by atoms with Crippen LogP contribution in [0.4, 0.5) is 8.78 Å². The summed E-state index contributed by atoms with van der Waals surface area (Å²) in [4.78, 5) is 30.1. The quantitative estimate of drug-likeness (QED) is 0.470. The molecule has 0 spiro atoms. The van der Waals surface area contributed by atoms with Gasteiger partial charge in [0, 0.05) is 0 Å². The molecule has 0 N–H and O–H groups in total. The van der Waals surface area contributed by atoms with Gasteiger partial charge in [-0.15, -0.1) is 0 Å². The van der Waals surface area contributed by atoms with E-state index in [0.717, 1.165) is 11.6 Å². The monoisotopic (exact) mass is 390 g/mol. The van der Waals surface area contributed by atoms with Gasteiger partial charge in [0.25, 0.3) is 5.56 Å². The first-order valence-electron chi connectivity index (χ1n) is 8.80. The third kappa shape index (κ3) is 2.70. The minimum atomic E-state index is -0.564. The smallest absolute Gasteiger partial charge is 0.266 e. The van der Waals surface area contributed by atoms with Crippen molar-refractivity contribution < 1.29 is 18.3 Å². The second-order valence-corrected chi connectivity index (χ2v) is 6.63. The van der Waals surface area contributed by atoms with Crippen LogP contribution >= 0.6 is 0 Å². The second kappa shape index (κ2) is 6.34. The standard InChI is InChI=1S/C22H12F2N2O3/c23-13-6-4-12(5-7-13)11-29-18-3-1-2-15-19(18)25-21-20(27)16-10-14(24)8-9-17(16)26(21)22(15)28/h1-10H,11H2. The van der Waals surface area contributed by atoms with Gasteiger partial charge in [0.15, 0.2) is 5.82 Å². The molecule has 1 aliphatic rings. The van der Waals surface area contributed by atoms with Gasteiger partial charge in [0.1, 0.15) is 29.5 Å². The fourth-order valence-electron chi connectivity index (χ4n) is 3.42. The van der Waals surface area contributed by atoms with Crippen LogP contribution in [0.1, 0.15) is 21.7 Å². The topological polar surface area (TPSA) is 61.2 Å². The fraction of sp³-hybridized carbons (Fsp3) is 0.0455. The van der Waals surface area contributed by atoms with Crippen molar-refractivity contribution in [2.24, 2.45) is 0 Å². The van der Waals surface area contributed by atoms with E-state index < -0.39 is 17.2 Å². The Kier molecular flexibility index (Phi) is 3.77. The number of rotatable bonds is 3. The number of ether oxygens (including phenoxy) is 1. The van der Waals surface area contributed by atoms with E-state index >= 15 is 0 Å². The van der Waals surface area contributed by atoms with Crippen LogP contribution in [-0.2, 0) is 6.61 Å². The highest BCUT2D eigenvalue weighted by molar-refractivity contribution is 6.13. The minimum Gasteiger partial charge on any atom is -0.487 e. The molecule has 0 atom stereocenters. The average molecular weight is 390 g/mol. The number of fused-ring (bicyclic) bond motifs is 4. The van der Waals surface area contributed by atoms with E-state index in [1.54, 1.807) is 30.3 Å². The van der Waals surface area contributed by atoms with Crippen LogP contribution < -0.4 is 10.3 Å². The van der Waals surface area contributed by atoms with E-state index in [9.17, 15) is 18.4 Å². The first kappa shape index (κ1) is 17.2. The number of carbonyl (C=O) groups is 1. The maximum Gasteiger partial charge on any atom is 0.266 e. The van der Waals surface area contributed by atoms with Crippen molar-refractivity contribution in [3.8, 4) is 11.4 Å². The van der Waals surface area contributed by atoms with Gasteiger partial charge in [-0.2, -0.15) is 0 Å². The van der Waals surface area contributed by atoms with E-state index in [1.807, 2.05) is 0 Å². The maximum absolute atomic E-state index is 13.6. The number of para-hydroxylation sites is 1. The number of hydrogen-bond acceptors (Lipinski definition) is 4. The summed E-state index contributed by atoms with van der Waals surface area (Å²) in [7, 11) is 0. The predicted octanol–water partition coefficient (Wildman–Crippen LogP) is 3.79. The molecule has 0 amide bonds. The summed E-state index contributed by atoms with van der Waals surface area (Å²) in [6.45, 7) is 0.138. The molecule has 3 aromatic carbocycles. The zero-order valence-corrected chi connectivity index (χ0v) is 14.9. The van der Waals surface area contributed by atoms with E-state index in [2.05, 4.69) is 4.98 Å². The molecule has 142 valence electrons. The predicted molar refractivity (Wildman–Crippen MR) is 101 cm³/mol. The van der Waals surface area contributed by atoms with Gasteiger partial charge < -0.3 is 4.74 Å². The Labute approximate surface area is 162 Å². The summed E-state index contributed by atoms with van der Waals surface area (Å²) in [5.74, 6) is -1.19. The van der Waals surface area contributed by atoms with Crippen LogP contribution in [0, 0.1) is 11.6 Å². The van der Waals surface area contributed by atoms with Gasteiger partial charge >= 0.3 is 0 Å². The molecule has 0 fully saturated rings. The number of halogens is 2. The number of benzene rings is 3. The van der Waals surface area contributed by atoms with Gasteiger partial charge in [-0.1, -0.05) is 18.2 Å². The van der Waals surface area contributed by atoms with E-state index in [-0.39, 0.29) is 34.7 Å². The van der Waals surface area contributed by atoms with Crippen molar-refractivity contribution in [1.29, 1.82) is 0 Å². The summed E-state index contributed by atoms with van der Waals surface area (Å²) >= 11 is 0. The van der Waals surface area contributed by atoms with Crippen molar-refractivity contribution in [3.63, 3.8) is 0 Å². The van der Waals surface area contributed by atoms with Gasteiger partial charge in [0.05, 0.1) is 16.6 Å². The van der Waals surface area contributed by atoms with Crippen LogP contribution in [0.3, 0.4) is 0 Å². The summed E-state index contributed by atoms with van der Waals surface area (Å²) in [6.07, 6.45) is 0. The summed E-state index contributed by atoms with van der Waals surface area (Å²) in [5, 5.41) is 0.273. The molecule has 1 aromatic heterocycles. The largest absolute Gasteiger partial charge is 0.487 e. The van der Waals surface area contributed by atoms with Crippen molar-refractivity contribution in [2.75, 3.05) is 0 Å². The molecule has 0 radical (unpaired) electrons. The molecule has 7 heteroatoms. The van der Waals surface area contributed by atoms with Crippen LogP contribution in [0.15, 0.2) is 65.5 Å². The first-order chi connectivity index (χ1) is 14.0. The Balaban J connectivity index is 1.62. The molecule has 5 nitrogen and oxygen atoms in total. The van der Waals surface area contributed by atoms with Gasteiger partial charge in [-0.25, -0.2) is 13.8 Å². The number of hydrogen-bond donors (Lipinski definition) is 0. The summed E-state index contributed by atoms with van der Waals surface area (Å²) in [6, 6.07) is 14.4. The Hall–Kier alpha value is -3.87. The molecule has 2 heterocycles. The Bertz CT molecular complexity index is 1360. The third-order valence-electron chi connectivity index (χ3n) is 4.82. The van der Waals surface area contributed by atoms with Crippen molar-refractivity contribution >= 4 is 16.7 Å². The summed E-state index contributed by atoms with van der Waals surface area (Å²) < 4.78 is 33.6. The van der Waals surface area contributed by atoms with Crippen LogP contribution in [-0.4, -0.2) is 15.3 Å². The normalized spacial score (nSPS) is 12.1. The maximum atomic E-state index is 13.6. The second-order valence-electron chi connectivity index (χ2n) is 6.63. The molecule has 29 heavy (non-hydrogen) atoms. The summed E-state index contributed by atoms with van der Waals surface area (Å²) in [5.41, 5.74) is 0.950. The zero-order valence-electron chi connectivity index (χ0n) is 14.9. The molecule has 1 aliphatic heterocycles. The third-order valence-corrected chi connectivity index (χ3v) is 4.82. The fourth-order valence-corrected chi connectivity index (χ4v) is 3.42. The number of carbonyl (C=O) groups excluding carboxylic acids is 1. The highest BCUT2D eigenvalue weighted by Crippen LogP contribution is 2.29. The lowest BCUT2D eigenvalue weighted by atomic mass is 10.1. The van der Waals surface area contributed by atoms with Gasteiger partial charge in [-0.3, -0.25) is 14.2 Å². The number of ketones is 1. The first-order valence-corrected chi connectivity index (χ1v) is 8.80. The van der Waals surface area contributed by atoms with Crippen molar-refractivity contribution in [1.82, 2.24) is 9.55 Å². The van der Waals surface area contributed by atoms with Crippen LogP contribution in [0.25, 0.3) is 16.6 Å². The van der Waals surface area contributed by atoms with Gasteiger partial charge in [0.2, 0.25) is 5.78 Å². The van der Waals surface area contributed by atoms with Gasteiger partial charge in [-0.05, 0) is 48.0 Å². The average Bonchev–Trinajstić information content (AvgIpc) is 3.00. The van der Waals surface area contributed by atoms with Crippen LogP contribution in [0.5, 0.6) is 5.75 Å². The molecular formula is C22H12F2N2O3. The van der Waals surface area contributed by atoms with E-state index in [0.29, 0.717) is 11.4 Å². The lowest BCUT2D eigenvalue weighted by molar-refractivity contribution is 0.103.